The number of ether oxygens (including phenoxy) is 2. The number of aromatic nitrogens is 2. The Morgan fingerprint density at radius 2 is 2.03 bits per heavy atom. The fraction of sp³-hybridized carbons (Fsp3) is 0.381. The van der Waals surface area contributed by atoms with Crippen LogP contribution in [0.3, 0.4) is 0 Å². The van der Waals surface area contributed by atoms with Gasteiger partial charge in [0.1, 0.15) is 11.6 Å². The zero-order valence-electron chi connectivity index (χ0n) is 16.5. The molecular weight excluding hydrogens is 370 g/mol. The highest BCUT2D eigenvalue weighted by Gasteiger charge is 2.50. The first-order valence-corrected chi connectivity index (χ1v) is 9.67. The van der Waals surface area contributed by atoms with Gasteiger partial charge in [0.15, 0.2) is 0 Å². The molecule has 0 saturated carbocycles. The number of rotatable bonds is 2. The molecule has 1 spiro atoms. The second kappa shape index (κ2) is 7.17. The minimum atomic E-state index is -0.632. The maximum atomic E-state index is 12.1. The van der Waals surface area contributed by atoms with E-state index in [1.807, 2.05) is 37.3 Å². The summed E-state index contributed by atoms with van der Waals surface area (Å²) in [7, 11) is 0. The molecular formula is C21H23N5O3. The van der Waals surface area contributed by atoms with Gasteiger partial charge in [-0.2, -0.15) is 10.4 Å². The molecule has 1 aromatic heterocycles. The van der Waals surface area contributed by atoms with Crippen molar-refractivity contribution in [3.8, 4) is 17.6 Å². The number of hydrogen-bond acceptors (Lipinski definition) is 6. The van der Waals surface area contributed by atoms with Crippen LogP contribution in [0.5, 0.6) is 5.88 Å². The summed E-state index contributed by atoms with van der Waals surface area (Å²) >= 11 is 0. The number of hydrogen-bond donors (Lipinski definition) is 1. The summed E-state index contributed by atoms with van der Waals surface area (Å²) in [6.07, 6.45) is 0.766. The van der Waals surface area contributed by atoms with Crippen molar-refractivity contribution in [3.63, 3.8) is 0 Å². The number of piperidine rings is 1. The van der Waals surface area contributed by atoms with Crippen molar-refractivity contribution in [3.05, 3.63) is 53.0 Å². The highest BCUT2D eigenvalue weighted by Crippen LogP contribution is 2.51. The third-order valence-electron chi connectivity index (χ3n) is 5.68. The lowest BCUT2D eigenvalue weighted by Crippen LogP contribution is -2.48. The second-order valence-electron chi connectivity index (χ2n) is 7.23. The van der Waals surface area contributed by atoms with E-state index in [9.17, 15) is 10.1 Å². The van der Waals surface area contributed by atoms with Gasteiger partial charge >= 0.3 is 6.09 Å². The van der Waals surface area contributed by atoms with Crippen molar-refractivity contribution in [2.45, 2.75) is 32.1 Å². The van der Waals surface area contributed by atoms with E-state index < -0.39 is 5.41 Å². The van der Waals surface area contributed by atoms with Gasteiger partial charge in [-0.15, -0.1) is 0 Å². The molecule has 2 N–H and O–H groups in total. The van der Waals surface area contributed by atoms with Crippen LogP contribution in [-0.4, -0.2) is 40.5 Å². The van der Waals surface area contributed by atoms with E-state index in [-0.39, 0.29) is 12.0 Å². The predicted octanol–water partition coefficient (Wildman–Crippen LogP) is 2.76. The van der Waals surface area contributed by atoms with Crippen LogP contribution in [0.15, 0.2) is 41.8 Å². The van der Waals surface area contributed by atoms with E-state index in [2.05, 4.69) is 6.07 Å². The number of fused-ring (bicyclic) bond motifs is 2. The molecule has 2 aliphatic heterocycles. The lowest BCUT2D eigenvalue weighted by molar-refractivity contribution is 0.0892. The average Bonchev–Trinajstić information content (AvgIpc) is 3.06. The molecule has 1 saturated heterocycles. The van der Waals surface area contributed by atoms with Crippen molar-refractivity contribution in [2.24, 2.45) is 5.73 Å². The lowest BCUT2D eigenvalue weighted by Gasteiger charge is -2.43. The second-order valence-corrected chi connectivity index (χ2v) is 7.23. The molecule has 8 heteroatoms. The summed E-state index contributed by atoms with van der Waals surface area (Å²) in [4.78, 5) is 13.8. The Kier molecular flexibility index (Phi) is 4.66. The first-order valence-electron chi connectivity index (χ1n) is 9.67. The van der Waals surface area contributed by atoms with Crippen molar-refractivity contribution >= 4 is 6.09 Å². The molecule has 2 aliphatic rings. The zero-order valence-corrected chi connectivity index (χ0v) is 16.5. The quantitative estimate of drug-likeness (QED) is 0.841. The molecule has 4 rings (SSSR count). The summed E-state index contributed by atoms with van der Waals surface area (Å²) in [6.45, 7) is 4.96. The molecule has 150 valence electrons. The third-order valence-corrected chi connectivity index (χ3v) is 5.68. The van der Waals surface area contributed by atoms with Crippen LogP contribution >= 0.6 is 0 Å². The molecule has 0 radical (unpaired) electrons. The summed E-state index contributed by atoms with van der Waals surface area (Å²) < 4.78 is 12.8. The Morgan fingerprint density at radius 1 is 1.34 bits per heavy atom. The summed E-state index contributed by atoms with van der Waals surface area (Å²) in [5.74, 6) is 0.636. The molecule has 0 aliphatic carbocycles. The number of benzene rings is 1. The Labute approximate surface area is 169 Å². The van der Waals surface area contributed by atoms with Gasteiger partial charge in [-0.1, -0.05) is 18.2 Å². The maximum Gasteiger partial charge on any atom is 0.409 e. The van der Waals surface area contributed by atoms with Crippen molar-refractivity contribution in [1.29, 1.82) is 5.26 Å². The van der Waals surface area contributed by atoms with E-state index in [4.69, 9.17) is 20.3 Å². The fourth-order valence-electron chi connectivity index (χ4n) is 4.36. The molecule has 8 nitrogen and oxygen atoms in total. The molecule has 29 heavy (non-hydrogen) atoms. The molecule has 1 aromatic carbocycles. The van der Waals surface area contributed by atoms with E-state index in [0.29, 0.717) is 44.0 Å². The Bertz CT molecular complexity index is 1010. The van der Waals surface area contributed by atoms with Crippen molar-refractivity contribution in [1.82, 2.24) is 14.7 Å². The zero-order chi connectivity index (χ0) is 20.6. The predicted molar refractivity (Wildman–Crippen MR) is 105 cm³/mol. The highest BCUT2D eigenvalue weighted by molar-refractivity contribution is 5.68. The van der Waals surface area contributed by atoms with Gasteiger partial charge in [-0.25, -0.2) is 9.48 Å². The fourth-order valence-corrected chi connectivity index (χ4v) is 4.36. The number of nitrogens with zero attached hydrogens (tertiary/aromatic N) is 4. The smallest absolute Gasteiger partial charge is 0.409 e. The van der Waals surface area contributed by atoms with Gasteiger partial charge in [-0.3, -0.25) is 0 Å². The summed E-state index contributed by atoms with van der Waals surface area (Å²) in [5.41, 5.74) is 8.48. The van der Waals surface area contributed by atoms with E-state index in [1.165, 1.54) is 0 Å². The van der Waals surface area contributed by atoms with Crippen LogP contribution in [0.2, 0.25) is 0 Å². The number of carbonyl (C=O) groups excluding carboxylic acids is 1. The van der Waals surface area contributed by atoms with Crippen LogP contribution in [-0.2, 0) is 10.2 Å². The number of para-hydroxylation sites is 1. The summed E-state index contributed by atoms with van der Waals surface area (Å²) in [5, 5.41) is 14.6. The number of amides is 1. The molecule has 0 bridgehead atoms. The van der Waals surface area contributed by atoms with Crippen molar-refractivity contribution < 1.29 is 14.3 Å². The van der Waals surface area contributed by atoms with Gasteiger partial charge in [0.25, 0.3) is 0 Å². The molecule has 1 fully saturated rings. The Morgan fingerprint density at radius 3 is 2.66 bits per heavy atom. The standard InChI is InChI=1S/C21H23N5O3/c1-3-28-20(27)25-11-9-21(10-12-25)16(13-22)18(23)29-19-17(21)14(2)24-26(19)15-7-5-4-6-8-15/h4-8H,3,9-12,23H2,1-2H3. The number of carbonyl (C=O) groups is 1. The van der Waals surface area contributed by atoms with Gasteiger partial charge in [0, 0.05) is 24.1 Å². The van der Waals surface area contributed by atoms with Crippen molar-refractivity contribution in [2.75, 3.05) is 19.7 Å². The van der Waals surface area contributed by atoms with Gasteiger partial charge in [-0.05, 0) is 38.8 Å². The minimum Gasteiger partial charge on any atom is -0.450 e. The van der Waals surface area contributed by atoms with Gasteiger partial charge < -0.3 is 20.1 Å². The molecule has 0 unspecified atom stereocenters. The van der Waals surface area contributed by atoms with E-state index in [0.717, 1.165) is 16.9 Å². The number of nitrogens with two attached hydrogens (primary N) is 1. The average molecular weight is 393 g/mol. The monoisotopic (exact) mass is 393 g/mol. The molecule has 0 atom stereocenters. The highest BCUT2D eigenvalue weighted by atomic mass is 16.6. The first-order chi connectivity index (χ1) is 14.0. The Hall–Kier alpha value is -3.47. The van der Waals surface area contributed by atoms with E-state index >= 15 is 0 Å². The van der Waals surface area contributed by atoms with Crippen LogP contribution < -0.4 is 10.5 Å². The SMILES string of the molecule is CCOC(=O)N1CCC2(CC1)C(C#N)=C(N)Oc1c2c(C)nn1-c1ccccc1. The topological polar surface area (TPSA) is 106 Å². The molecule has 1 amide bonds. The Balaban J connectivity index is 1.79. The maximum absolute atomic E-state index is 12.1. The molecule has 3 heterocycles. The van der Waals surface area contributed by atoms with Crippen LogP contribution in [0, 0.1) is 18.3 Å². The lowest BCUT2D eigenvalue weighted by atomic mass is 9.67. The normalized spacial score (nSPS) is 17.5. The van der Waals surface area contributed by atoms with Crippen LogP contribution in [0.25, 0.3) is 5.69 Å². The van der Waals surface area contributed by atoms with Gasteiger partial charge in [0.05, 0.1) is 18.0 Å². The summed E-state index contributed by atoms with van der Waals surface area (Å²) in [6, 6.07) is 11.9. The minimum absolute atomic E-state index is 0.0988. The molecule has 2 aromatic rings. The number of allylic oxidation sites excluding steroid dienone is 1. The van der Waals surface area contributed by atoms with E-state index in [1.54, 1.807) is 16.5 Å². The third kappa shape index (κ3) is 2.90. The number of nitriles is 1. The van der Waals surface area contributed by atoms with Gasteiger partial charge in [0.2, 0.25) is 11.8 Å². The van der Waals surface area contributed by atoms with Crippen LogP contribution in [0.1, 0.15) is 31.0 Å². The first kappa shape index (κ1) is 18.9. The number of aryl methyl sites for hydroxylation is 1. The largest absolute Gasteiger partial charge is 0.450 e. The number of likely N-dealkylation sites (tertiary alicyclic amines) is 1. The van der Waals surface area contributed by atoms with Crippen LogP contribution in [0.4, 0.5) is 4.79 Å².